The standard InChI is InChI=1S/C16H19BrN4O/c1-4-12(2)21-10-9-18-16(21)8-6-13(22)5-7-15-14(17)11-20(3)19-15/h5-12H,4H2,1-3H3/b7-5+,8-6+. The quantitative estimate of drug-likeness (QED) is 0.737. The van der Waals surface area contributed by atoms with Crippen LogP contribution < -0.4 is 0 Å². The van der Waals surface area contributed by atoms with E-state index in [4.69, 9.17) is 0 Å². The fourth-order valence-corrected chi connectivity index (χ4v) is 2.49. The Balaban J connectivity index is 2.06. The fourth-order valence-electron chi connectivity index (χ4n) is 1.99. The number of aryl methyl sites for hydroxylation is 1. The summed E-state index contributed by atoms with van der Waals surface area (Å²) in [5.74, 6) is 0.686. The maximum Gasteiger partial charge on any atom is 0.178 e. The van der Waals surface area contributed by atoms with Gasteiger partial charge in [-0.25, -0.2) is 4.98 Å². The van der Waals surface area contributed by atoms with Crippen LogP contribution in [-0.2, 0) is 11.8 Å². The number of carbonyl (C=O) groups is 1. The lowest BCUT2D eigenvalue weighted by Gasteiger charge is -2.11. The molecule has 0 aliphatic rings. The molecule has 2 aromatic heterocycles. The van der Waals surface area contributed by atoms with Crippen LogP contribution in [0.15, 0.2) is 35.2 Å². The first-order valence-electron chi connectivity index (χ1n) is 7.13. The second-order valence-electron chi connectivity index (χ2n) is 5.05. The predicted molar refractivity (Wildman–Crippen MR) is 91.2 cm³/mol. The zero-order chi connectivity index (χ0) is 16.1. The van der Waals surface area contributed by atoms with Crippen LogP contribution >= 0.6 is 15.9 Å². The van der Waals surface area contributed by atoms with Crippen LogP contribution in [0, 0.1) is 0 Å². The maximum absolute atomic E-state index is 11.9. The highest BCUT2D eigenvalue weighted by molar-refractivity contribution is 9.10. The van der Waals surface area contributed by atoms with Gasteiger partial charge in [-0.3, -0.25) is 9.48 Å². The number of allylic oxidation sites excluding steroid dienone is 2. The van der Waals surface area contributed by atoms with E-state index in [1.165, 1.54) is 12.2 Å². The van der Waals surface area contributed by atoms with E-state index in [0.717, 1.165) is 22.4 Å². The van der Waals surface area contributed by atoms with Gasteiger partial charge in [-0.1, -0.05) is 6.92 Å². The van der Waals surface area contributed by atoms with Gasteiger partial charge in [-0.2, -0.15) is 5.10 Å². The highest BCUT2D eigenvalue weighted by Gasteiger charge is 2.06. The van der Waals surface area contributed by atoms with Crippen molar-refractivity contribution in [2.24, 2.45) is 7.05 Å². The van der Waals surface area contributed by atoms with Gasteiger partial charge >= 0.3 is 0 Å². The fraction of sp³-hybridized carbons (Fsp3) is 0.312. The molecule has 116 valence electrons. The van der Waals surface area contributed by atoms with Crippen LogP contribution in [0.5, 0.6) is 0 Å². The van der Waals surface area contributed by atoms with Gasteiger partial charge in [0.2, 0.25) is 0 Å². The molecule has 0 N–H and O–H groups in total. The van der Waals surface area contributed by atoms with E-state index in [2.05, 4.69) is 44.4 Å². The first-order valence-corrected chi connectivity index (χ1v) is 7.92. The molecule has 0 radical (unpaired) electrons. The van der Waals surface area contributed by atoms with Crippen molar-refractivity contribution in [1.82, 2.24) is 19.3 Å². The molecule has 0 bridgehead atoms. The third-order valence-electron chi connectivity index (χ3n) is 3.38. The first kappa shape index (κ1) is 16.4. The summed E-state index contributed by atoms with van der Waals surface area (Å²) in [5.41, 5.74) is 0.727. The topological polar surface area (TPSA) is 52.7 Å². The van der Waals surface area contributed by atoms with E-state index < -0.39 is 0 Å². The Hall–Kier alpha value is -1.95. The molecule has 1 unspecified atom stereocenters. The van der Waals surface area contributed by atoms with Crippen molar-refractivity contribution < 1.29 is 4.79 Å². The van der Waals surface area contributed by atoms with Crippen molar-refractivity contribution in [2.75, 3.05) is 0 Å². The number of imidazole rings is 1. The number of hydrogen-bond donors (Lipinski definition) is 0. The number of halogens is 1. The van der Waals surface area contributed by atoms with Crippen molar-refractivity contribution in [3.8, 4) is 0 Å². The number of hydrogen-bond acceptors (Lipinski definition) is 3. The minimum atomic E-state index is -0.101. The second-order valence-corrected chi connectivity index (χ2v) is 5.91. The summed E-state index contributed by atoms with van der Waals surface area (Å²) >= 11 is 3.39. The summed E-state index contributed by atoms with van der Waals surface area (Å²) in [6.07, 6.45) is 13.0. The normalized spacial score (nSPS) is 13.3. The van der Waals surface area contributed by atoms with Gasteiger partial charge in [0.25, 0.3) is 0 Å². The average Bonchev–Trinajstić information content (AvgIpc) is 3.08. The lowest BCUT2D eigenvalue weighted by atomic mass is 10.2. The van der Waals surface area contributed by atoms with Gasteiger partial charge < -0.3 is 4.57 Å². The van der Waals surface area contributed by atoms with E-state index in [1.807, 2.05) is 19.4 Å². The van der Waals surface area contributed by atoms with Crippen molar-refractivity contribution in [3.63, 3.8) is 0 Å². The summed E-state index contributed by atoms with van der Waals surface area (Å²) in [4.78, 5) is 16.2. The van der Waals surface area contributed by atoms with Crippen LogP contribution in [0.1, 0.15) is 37.8 Å². The van der Waals surface area contributed by atoms with Crippen LogP contribution in [0.4, 0.5) is 0 Å². The molecule has 6 heteroatoms. The third kappa shape index (κ3) is 4.04. The number of rotatable bonds is 6. The molecule has 0 aromatic carbocycles. The lowest BCUT2D eigenvalue weighted by Crippen LogP contribution is -2.04. The van der Waals surface area contributed by atoms with Crippen LogP contribution in [0.2, 0.25) is 0 Å². The van der Waals surface area contributed by atoms with E-state index in [1.54, 1.807) is 23.0 Å². The molecule has 0 aliphatic carbocycles. The summed E-state index contributed by atoms with van der Waals surface area (Å²) in [5, 5.41) is 4.23. The molecule has 5 nitrogen and oxygen atoms in total. The highest BCUT2D eigenvalue weighted by atomic mass is 79.9. The Kier molecular flexibility index (Phi) is 5.49. The Labute approximate surface area is 138 Å². The first-order chi connectivity index (χ1) is 10.5. The van der Waals surface area contributed by atoms with Crippen molar-refractivity contribution in [1.29, 1.82) is 0 Å². The van der Waals surface area contributed by atoms with Crippen molar-refractivity contribution in [3.05, 3.63) is 46.7 Å². The van der Waals surface area contributed by atoms with Gasteiger partial charge in [-0.15, -0.1) is 0 Å². The highest BCUT2D eigenvalue weighted by Crippen LogP contribution is 2.16. The lowest BCUT2D eigenvalue weighted by molar-refractivity contribution is -0.110. The number of nitrogens with zero attached hydrogens (tertiary/aromatic N) is 4. The zero-order valence-corrected chi connectivity index (χ0v) is 14.5. The molecule has 2 aromatic rings. The Morgan fingerprint density at radius 2 is 2.14 bits per heavy atom. The van der Waals surface area contributed by atoms with Crippen molar-refractivity contribution >= 4 is 33.9 Å². The average molecular weight is 363 g/mol. The molecule has 2 heterocycles. The number of aromatic nitrogens is 4. The molecule has 1 atom stereocenters. The van der Waals surface area contributed by atoms with Gasteiger partial charge in [0.05, 0.1) is 10.2 Å². The molecule has 0 spiro atoms. The van der Waals surface area contributed by atoms with Crippen LogP contribution in [0.3, 0.4) is 0 Å². The third-order valence-corrected chi connectivity index (χ3v) is 3.99. The van der Waals surface area contributed by atoms with Gasteiger partial charge in [-0.05, 0) is 53.6 Å². The summed E-state index contributed by atoms with van der Waals surface area (Å²) in [6, 6.07) is 0.359. The molecule has 0 aliphatic heterocycles. The maximum atomic E-state index is 11.9. The molecular formula is C16H19BrN4O. The van der Waals surface area contributed by atoms with E-state index in [9.17, 15) is 4.79 Å². The van der Waals surface area contributed by atoms with Gasteiger partial charge in [0.1, 0.15) is 5.82 Å². The Morgan fingerprint density at radius 3 is 2.77 bits per heavy atom. The van der Waals surface area contributed by atoms with Crippen LogP contribution in [-0.4, -0.2) is 25.1 Å². The molecule has 0 saturated carbocycles. The van der Waals surface area contributed by atoms with E-state index in [0.29, 0.717) is 6.04 Å². The Morgan fingerprint density at radius 1 is 1.41 bits per heavy atom. The predicted octanol–water partition coefficient (Wildman–Crippen LogP) is 3.65. The summed E-state index contributed by atoms with van der Waals surface area (Å²) < 4.78 is 4.60. The molecular weight excluding hydrogens is 344 g/mol. The summed E-state index contributed by atoms with van der Waals surface area (Å²) in [6.45, 7) is 4.25. The van der Waals surface area contributed by atoms with E-state index in [-0.39, 0.29) is 5.78 Å². The van der Waals surface area contributed by atoms with Gasteiger partial charge in [0, 0.05) is 31.7 Å². The minimum absolute atomic E-state index is 0.101. The monoisotopic (exact) mass is 362 g/mol. The number of ketones is 1. The van der Waals surface area contributed by atoms with E-state index >= 15 is 0 Å². The molecule has 22 heavy (non-hydrogen) atoms. The molecule has 2 rings (SSSR count). The SMILES string of the molecule is CCC(C)n1ccnc1/C=C/C(=O)/C=C/c1nn(C)cc1Br. The summed E-state index contributed by atoms with van der Waals surface area (Å²) in [7, 11) is 1.83. The molecule has 0 saturated heterocycles. The van der Waals surface area contributed by atoms with Crippen LogP contribution in [0.25, 0.3) is 12.2 Å². The largest absolute Gasteiger partial charge is 0.329 e. The van der Waals surface area contributed by atoms with Gasteiger partial charge in [0.15, 0.2) is 5.78 Å². The van der Waals surface area contributed by atoms with Crippen molar-refractivity contribution in [2.45, 2.75) is 26.3 Å². The number of carbonyl (C=O) groups excluding carboxylic acids is 1. The molecule has 0 amide bonds. The second kappa shape index (κ2) is 7.35. The zero-order valence-electron chi connectivity index (χ0n) is 12.9. The molecule has 0 fully saturated rings. The minimum Gasteiger partial charge on any atom is -0.329 e. The smallest absolute Gasteiger partial charge is 0.178 e. The Bertz CT molecular complexity index is 712.